The molecule has 106 valence electrons. The van der Waals surface area contributed by atoms with Crippen LogP contribution in [0.3, 0.4) is 0 Å². The number of carbonyl (C=O) groups is 1. The van der Waals surface area contributed by atoms with Gasteiger partial charge in [-0.05, 0) is 30.0 Å². The summed E-state index contributed by atoms with van der Waals surface area (Å²) in [5.74, 6) is -0.235. The highest BCUT2D eigenvalue weighted by Gasteiger charge is 2.17. The molecule has 19 heavy (non-hydrogen) atoms. The summed E-state index contributed by atoms with van der Waals surface area (Å²) in [6.07, 6.45) is 0.0851. The molecule has 1 unspecified atom stereocenters. The average Bonchev–Trinajstić information content (AvgIpc) is 2.22. The minimum absolute atomic E-state index is 0.0321. The molecule has 0 aliphatic carbocycles. The summed E-state index contributed by atoms with van der Waals surface area (Å²) in [6.45, 7) is 6.38. The van der Waals surface area contributed by atoms with Crippen LogP contribution in [-0.2, 0) is 0 Å². The van der Waals surface area contributed by atoms with Crippen LogP contribution in [0.4, 0.5) is 5.69 Å². The highest BCUT2D eigenvalue weighted by molar-refractivity contribution is 9.10. The summed E-state index contributed by atoms with van der Waals surface area (Å²) in [6, 6.07) is 5.03. The van der Waals surface area contributed by atoms with Crippen molar-refractivity contribution in [3.8, 4) is 0 Å². The SMILES string of the molecule is CC(C)(C)CC(O)CNC(=O)c1cc(N)cc(Br)c1. The van der Waals surface area contributed by atoms with E-state index in [-0.39, 0.29) is 17.9 Å². The Bertz CT molecular complexity index is 435. The predicted octanol–water partition coefficient (Wildman–Crippen LogP) is 2.56. The minimum atomic E-state index is -0.548. The van der Waals surface area contributed by atoms with Crippen LogP contribution in [-0.4, -0.2) is 23.7 Å². The van der Waals surface area contributed by atoms with Gasteiger partial charge in [0.05, 0.1) is 6.10 Å². The summed E-state index contributed by atoms with van der Waals surface area (Å²) in [5, 5.41) is 12.6. The topological polar surface area (TPSA) is 75.3 Å². The molecule has 1 aromatic carbocycles. The van der Waals surface area contributed by atoms with E-state index < -0.39 is 6.10 Å². The van der Waals surface area contributed by atoms with Crippen molar-refractivity contribution < 1.29 is 9.90 Å². The van der Waals surface area contributed by atoms with E-state index >= 15 is 0 Å². The number of nitrogen functional groups attached to an aromatic ring is 1. The van der Waals surface area contributed by atoms with Crippen LogP contribution in [0.15, 0.2) is 22.7 Å². The van der Waals surface area contributed by atoms with Gasteiger partial charge >= 0.3 is 0 Å². The van der Waals surface area contributed by atoms with E-state index in [4.69, 9.17) is 5.73 Å². The van der Waals surface area contributed by atoms with Crippen molar-refractivity contribution in [3.05, 3.63) is 28.2 Å². The van der Waals surface area contributed by atoms with Crippen LogP contribution in [0.5, 0.6) is 0 Å². The van der Waals surface area contributed by atoms with E-state index in [0.717, 1.165) is 4.47 Å². The van der Waals surface area contributed by atoms with Crippen molar-refractivity contribution in [1.29, 1.82) is 0 Å². The maximum Gasteiger partial charge on any atom is 0.251 e. The monoisotopic (exact) mass is 328 g/mol. The van der Waals surface area contributed by atoms with E-state index in [1.54, 1.807) is 18.2 Å². The lowest BCUT2D eigenvalue weighted by Crippen LogP contribution is -2.34. The third-order valence-corrected chi connectivity index (χ3v) is 2.99. The van der Waals surface area contributed by atoms with Crippen LogP contribution >= 0.6 is 15.9 Å². The molecule has 1 aromatic rings. The standard InChI is InChI=1S/C14H21BrN2O2/c1-14(2,3)7-12(18)8-17-13(19)9-4-10(15)6-11(16)5-9/h4-6,12,18H,7-8,16H2,1-3H3,(H,17,19). The number of benzene rings is 1. The minimum Gasteiger partial charge on any atom is -0.399 e. The number of carbonyl (C=O) groups excluding carboxylic acids is 1. The van der Waals surface area contributed by atoms with Gasteiger partial charge in [-0.25, -0.2) is 0 Å². The molecule has 0 fully saturated rings. The Morgan fingerprint density at radius 1 is 1.42 bits per heavy atom. The molecule has 0 heterocycles. The number of anilines is 1. The van der Waals surface area contributed by atoms with Gasteiger partial charge in [0.25, 0.3) is 5.91 Å². The first kappa shape index (κ1) is 16.0. The molecule has 0 bridgehead atoms. The summed E-state index contributed by atoms with van der Waals surface area (Å²) in [5.41, 5.74) is 6.71. The zero-order valence-corrected chi connectivity index (χ0v) is 13.1. The molecule has 4 N–H and O–H groups in total. The number of nitrogens with two attached hydrogens (primary N) is 1. The fourth-order valence-electron chi connectivity index (χ4n) is 1.84. The van der Waals surface area contributed by atoms with E-state index in [9.17, 15) is 9.90 Å². The maximum atomic E-state index is 11.9. The smallest absolute Gasteiger partial charge is 0.251 e. The van der Waals surface area contributed by atoms with E-state index in [0.29, 0.717) is 17.7 Å². The first-order chi connectivity index (χ1) is 8.67. The zero-order valence-electron chi connectivity index (χ0n) is 11.5. The van der Waals surface area contributed by atoms with Gasteiger partial charge in [-0.15, -0.1) is 0 Å². The fraction of sp³-hybridized carbons (Fsp3) is 0.500. The Morgan fingerprint density at radius 3 is 2.58 bits per heavy atom. The highest BCUT2D eigenvalue weighted by atomic mass is 79.9. The molecule has 0 aliphatic heterocycles. The van der Waals surface area contributed by atoms with E-state index in [1.807, 2.05) is 20.8 Å². The summed E-state index contributed by atoms with van der Waals surface area (Å²) in [4.78, 5) is 11.9. The largest absolute Gasteiger partial charge is 0.399 e. The van der Waals surface area contributed by atoms with Gasteiger partial charge in [0.1, 0.15) is 0 Å². The molecule has 0 spiro atoms. The second-order valence-electron chi connectivity index (χ2n) is 5.90. The highest BCUT2D eigenvalue weighted by Crippen LogP contribution is 2.20. The molecule has 1 rings (SSSR count). The molecule has 0 saturated carbocycles. The number of rotatable bonds is 4. The molecule has 0 aromatic heterocycles. The predicted molar refractivity (Wildman–Crippen MR) is 81.0 cm³/mol. The number of amides is 1. The van der Waals surface area contributed by atoms with Gasteiger partial charge in [-0.1, -0.05) is 36.7 Å². The van der Waals surface area contributed by atoms with Gasteiger partial charge in [0.2, 0.25) is 0 Å². The second-order valence-corrected chi connectivity index (χ2v) is 6.82. The van der Waals surface area contributed by atoms with Crippen LogP contribution < -0.4 is 11.1 Å². The van der Waals surface area contributed by atoms with Crippen molar-refractivity contribution in [2.45, 2.75) is 33.3 Å². The Balaban J connectivity index is 2.56. The van der Waals surface area contributed by atoms with Crippen molar-refractivity contribution in [1.82, 2.24) is 5.32 Å². The van der Waals surface area contributed by atoms with Crippen LogP contribution in [0.25, 0.3) is 0 Å². The number of aliphatic hydroxyl groups is 1. The van der Waals surface area contributed by atoms with Crippen LogP contribution in [0.1, 0.15) is 37.6 Å². The van der Waals surface area contributed by atoms with Crippen LogP contribution in [0.2, 0.25) is 0 Å². The summed E-state index contributed by atoms with van der Waals surface area (Å²) >= 11 is 3.29. The van der Waals surface area contributed by atoms with Crippen molar-refractivity contribution >= 4 is 27.5 Å². The van der Waals surface area contributed by atoms with Gasteiger partial charge in [0.15, 0.2) is 0 Å². The molecule has 0 radical (unpaired) electrons. The Kier molecular flexibility index (Phi) is 5.38. The summed E-state index contributed by atoms with van der Waals surface area (Å²) < 4.78 is 0.757. The second kappa shape index (κ2) is 6.39. The number of aliphatic hydroxyl groups excluding tert-OH is 1. The first-order valence-corrected chi connectivity index (χ1v) is 6.99. The van der Waals surface area contributed by atoms with Crippen molar-refractivity contribution in [3.63, 3.8) is 0 Å². The quantitative estimate of drug-likeness (QED) is 0.743. The number of nitrogens with one attached hydrogen (secondary N) is 1. The maximum absolute atomic E-state index is 11.9. The third-order valence-electron chi connectivity index (χ3n) is 2.53. The summed E-state index contributed by atoms with van der Waals surface area (Å²) in [7, 11) is 0. The van der Waals surface area contributed by atoms with E-state index in [1.165, 1.54) is 0 Å². The zero-order chi connectivity index (χ0) is 14.6. The third kappa shape index (κ3) is 6.07. The fourth-order valence-corrected chi connectivity index (χ4v) is 2.35. The van der Waals surface area contributed by atoms with Gasteiger partial charge in [-0.3, -0.25) is 4.79 Å². The first-order valence-electron chi connectivity index (χ1n) is 6.20. The number of hydrogen-bond acceptors (Lipinski definition) is 3. The molecular formula is C14H21BrN2O2. The molecule has 0 saturated heterocycles. The van der Waals surface area contributed by atoms with Crippen molar-refractivity contribution in [2.24, 2.45) is 5.41 Å². The van der Waals surface area contributed by atoms with Crippen molar-refractivity contribution in [2.75, 3.05) is 12.3 Å². The number of hydrogen-bond donors (Lipinski definition) is 3. The molecule has 1 atom stereocenters. The Morgan fingerprint density at radius 2 is 2.05 bits per heavy atom. The van der Waals surface area contributed by atoms with E-state index in [2.05, 4.69) is 21.2 Å². The lowest BCUT2D eigenvalue weighted by Gasteiger charge is -2.22. The lowest BCUT2D eigenvalue weighted by atomic mass is 9.89. The molecular weight excluding hydrogens is 308 g/mol. The van der Waals surface area contributed by atoms with Gasteiger partial charge in [0, 0.05) is 22.3 Å². The molecule has 0 aliphatic rings. The van der Waals surface area contributed by atoms with Gasteiger partial charge < -0.3 is 16.2 Å². The number of halogens is 1. The van der Waals surface area contributed by atoms with Crippen LogP contribution in [0, 0.1) is 5.41 Å². The molecule has 5 heteroatoms. The van der Waals surface area contributed by atoms with Gasteiger partial charge in [-0.2, -0.15) is 0 Å². The Hall–Kier alpha value is -1.07. The lowest BCUT2D eigenvalue weighted by molar-refractivity contribution is 0.0868. The normalized spacial score (nSPS) is 13.1. The Labute approximate surface area is 122 Å². The molecule has 1 amide bonds. The molecule has 4 nitrogen and oxygen atoms in total. The average molecular weight is 329 g/mol.